The Hall–Kier alpha value is -1.61. The third kappa shape index (κ3) is 1.74. The summed E-state index contributed by atoms with van der Waals surface area (Å²) < 4.78 is 0. The zero-order chi connectivity index (χ0) is 11.5. The summed E-state index contributed by atoms with van der Waals surface area (Å²) in [5.41, 5.74) is 7.04. The molecule has 0 aliphatic carbocycles. The van der Waals surface area contributed by atoms with Crippen LogP contribution in [0.1, 0.15) is 25.1 Å². The van der Waals surface area contributed by atoms with Crippen LogP contribution in [0.25, 0.3) is 10.9 Å². The minimum Gasteiger partial charge on any atom is -0.322 e. The molecule has 0 fully saturated rings. The zero-order valence-electron chi connectivity index (χ0n) is 9.75. The molecule has 0 unspecified atom stereocenters. The zero-order valence-corrected chi connectivity index (χ0v) is 9.75. The number of pyridine rings is 1. The highest BCUT2D eigenvalue weighted by Gasteiger charge is 2.06. The van der Waals surface area contributed by atoms with Gasteiger partial charge in [-0.1, -0.05) is 32.0 Å². The van der Waals surface area contributed by atoms with Crippen molar-refractivity contribution in [3.63, 3.8) is 0 Å². The van der Waals surface area contributed by atoms with E-state index >= 15 is 0 Å². The highest BCUT2D eigenvalue weighted by molar-refractivity contribution is 5.85. The van der Waals surface area contributed by atoms with Gasteiger partial charge in [0.2, 0.25) is 0 Å². The number of aromatic nitrogens is 1. The third-order valence-electron chi connectivity index (χ3n) is 2.88. The number of rotatable bonds is 3. The van der Waals surface area contributed by atoms with Crippen LogP contribution in [0.15, 0.2) is 24.3 Å². The second kappa shape index (κ2) is 4.49. The summed E-state index contributed by atoms with van der Waals surface area (Å²) in [7, 11) is 0. The number of benzene rings is 1. The van der Waals surface area contributed by atoms with Crippen molar-refractivity contribution in [2.24, 2.45) is 5.84 Å². The predicted molar refractivity (Wildman–Crippen MR) is 68.3 cm³/mol. The Morgan fingerprint density at radius 2 is 2.06 bits per heavy atom. The summed E-state index contributed by atoms with van der Waals surface area (Å²) in [5.74, 6) is 5.50. The third-order valence-corrected chi connectivity index (χ3v) is 2.88. The lowest BCUT2D eigenvalue weighted by molar-refractivity contribution is 1.04. The summed E-state index contributed by atoms with van der Waals surface area (Å²) in [5, 5.41) is 1.14. The molecule has 0 aliphatic heterocycles. The van der Waals surface area contributed by atoms with Crippen LogP contribution in [-0.2, 0) is 12.8 Å². The highest BCUT2D eigenvalue weighted by atomic mass is 15.2. The summed E-state index contributed by atoms with van der Waals surface area (Å²) in [6.45, 7) is 4.24. The number of anilines is 1. The number of aryl methyl sites for hydroxylation is 2. The van der Waals surface area contributed by atoms with E-state index in [-0.39, 0.29) is 0 Å². The van der Waals surface area contributed by atoms with Gasteiger partial charge in [-0.2, -0.15) is 0 Å². The maximum atomic E-state index is 5.50. The van der Waals surface area contributed by atoms with E-state index in [0.29, 0.717) is 0 Å². The topological polar surface area (TPSA) is 50.9 Å². The Bertz CT molecular complexity index is 506. The smallest absolute Gasteiger partial charge is 0.0738 e. The first kappa shape index (κ1) is 10.9. The number of hydrogen-bond donors (Lipinski definition) is 2. The molecule has 1 aromatic heterocycles. The van der Waals surface area contributed by atoms with Crippen LogP contribution in [0.2, 0.25) is 0 Å². The average molecular weight is 215 g/mol. The SMILES string of the molecule is CCc1nc2c(CC)cccc2cc1NN. The van der Waals surface area contributed by atoms with Gasteiger partial charge < -0.3 is 5.43 Å². The molecule has 16 heavy (non-hydrogen) atoms. The van der Waals surface area contributed by atoms with Crippen molar-refractivity contribution in [1.29, 1.82) is 0 Å². The van der Waals surface area contributed by atoms with Gasteiger partial charge in [0.25, 0.3) is 0 Å². The van der Waals surface area contributed by atoms with Crippen molar-refractivity contribution in [2.45, 2.75) is 26.7 Å². The van der Waals surface area contributed by atoms with Crippen molar-refractivity contribution in [1.82, 2.24) is 4.98 Å². The number of nitrogens with zero attached hydrogens (tertiary/aromatic N) is 1. The van der Waals surface area contributed by atoms with Crippen LogP contribution in [-0.4, -0.2) is 4.98 Å². The Morgan fingerprint density at radius 1 is 1.25 bits per heavy atom. The molecular weight excluding hydrogens is 198 g/mol. The van der Waals surface area contributed by atoms with Crippen molar-refractivity contribution < 1.29 is 0 Å². The van der Waals surface area contributed by atoms with Crippen LogP contribution < -0.4 is 11.3 Å². The normalized spacial score (nSPS) is 10.7. The number of fused-ring (bicyclic) bond motifs is 1. The molecule has 0 atom stereocenters. The van der Waals surface area contributed by atoms with Gasteiger partial charge in [0, 0.05) is 5.39 Å². The van der Waals surface area contributed by atoms with Crippen LogP contribution in [0.4, 0.5) is 5.69 Å². The Labute approximate surface area is 95.7 Å². The maximum Gasteiger partial charge on any atom is 0.0738 e. The molecule has 0 saturated carbocycles. The number of para-hydroxylation sites is 1. The first-order valence-corrected chi connectivity index (χ1v) is 5.68. The molecule has 2 aromatic rings. The molecule has 3 heteroatoms. The first-order chi connectivity index (χ1) is 7.80. The van der Waals surface area contributed by atoms with Gasteiger partial charge in [0.1, 0.15) is 0 Å². The van der Waals surface area contributed by atoms with E-state index in [1.807, 2.05) is 0 Å². The van der Waals surface area contributed by atoms with Crippen molar-refractivity contribution in [3.05, 3.63) is 35.5 Å². The number of nitrogen functional groups attached to an aromatic ring is 1. The van der Waals surface area contributed by atoms with Gasteiger partial charge in [-0.05, 0) is 24.5 Å². The molecule has 0 aliphatic rings. The average Bonchev–Trinajstić information content (AvgIpc) is 2.36. The van der Waals surface area contributed by atoms with Crippen molar-refractivity contribution >= 4 is 16.6 Å². The largest absolute Gasteiger partial charge is 0.322 e. The lowest BCUT2D eigenvalue weighted by Crippen LogP contribution is -2.10. The van der Waals surface area contributed by atoms with Crippen LogP contribution >= 0.6 is 0 Å². The quantitative estimate of drug-likeness (QED) is 0.611. The van der Waals surface area contributed by atoms with E-state index < -0.39 is 0 Å². The lowest BCUT2D eigenvalue weighted by Gasteiger charge is -2.10. The first-order valence-electron chi connectivity index (χ1n) is 5.68. The number of nitrogens with one attached hydrogen (secondary N) is 1. The predicted octanol–water partition coefficient (Wildman–Crippen LogP) is 2.65. The Morgan fingerprint density at radius 3 is 2.69 bits per heavy atom. The minimum atomic E-state index is 0.882. The molecule has 1 heterocycles. The van der Waals surface area contributed by atoms with E-state index in [0.717, 1.165) is 35.1 Å². The monoisotopic (exact) mass is 215 g/mol. The van der Waals surface area contributed by atoms with E-state index in [1.54, 1.807) is 0 Å². The van der Waals surface area contributed by atoms with Gasteiger partial charge in [-0.3, -0.25) is 10.8 Å². The van der Waals surface area contributed by atoms with E-state index in [9.17, 15) is 0 Å². The second-order valence-corrected chi connectivity index (χ2v) is 3.82. The van der Waals surface area contributed by atoms with Gasteiger partial charge in [0.15, 0.2) is 0 Å². The van der Waals surface area contributed by atoms with Crippen LogP contribution in [0, 0.1) is 0 Å². The minimum absolute atomic E-state index is 0.882. The van der Waals surface area contributed by atoms with Gasteiger partial charge >= 0.3 is 0 Å². The van der Waals surface area contributed by atoms with Gasteiger partial charge in [-0.25, -0.2) is 0 Å². The molecule has 0 bridgehead atoms. The Kier molecular flexibility index (Phi) is 3.06. The van der Waals surface area contributed by atoms with E-state index in [4.69, 9.17) is 10.8 Å². The number of hydrogen-bond acceptors (Lipinski definition) is 3. The molecule has 2 rings (SSSR count). The fourth-order valence-electron chi connectivity index (χ4n) is 1.98. The molecule has 84 valence electrons. The summed E-state index contributed by atoms with van der Waals surface area (Å²) >= 11 is 0. The number of nitrogens with two attached hydrogens (primary N) is 1. The van der Waals surface area contributed by atoms with Crippen LogP contribution in [0.5, 0.6) is 0 Å². The van der Waals surface area contributed by atoms with E-state index in [1.165, 1.54) is 5.56 Å². The van der Waals surface area contributed by atoms with E-state index in [2.05, 4.69) is 43.5 Å². The fraction of sp³-hybridized carbons (Fsp3) is 0.308. The molecule has 0 radical (unpaired) electrons. The molecule has 0 saturated heterocycles. The van der Waals surface area contributed by atoms with Crippen molar-refractivity contribution in [3.8, 4) is 0 Å². The molecule has 0 amide bonds. The maximum absolute atomic E-state index is 5.50. The van der Waals surface area contributed by atoms with Gasteiger partial charge in [0.05, 0.1) is 16.9 Å². The lowest BCUT2D eigenvalue weighted by atomic mass is 10.1. The fourth-order valence-corrected chi connectivity index (χ4v) is 1.98. The number of hydrazine groups is 1. The molecular formula is C13H17N3. The summed E-state index contributed by atoms with van der Waals surface area (Å²) in [6.07, 6.45) is 1.89. The van der Waals surface area contributed by atoms with Crippen LogP contribution in [0.3, 0.4) is 0 Å². The molecule has 1 aromatic carbocycles. The molecule has 3 N–H and O–H groups in total. The molecule has 0 spiro atoms. The van der Waals surface area contributed by atoms with Gasteiger partial charge in [-0.15, -0.1) is 0 Å². The standard InChI is InChI=1S/C13H17N3/c1-3-9-6-5-7-10-8-12(16-14)11(4-2)15-13(9)10/h5-8,16H,3-4,14H2,1-2H3. The van der Waals surface area contributed by atoms with Crippen molar-refractivity contribution in [2.75, 3.05) is 5.43 Å². The second-order valence-electron chi connectivity index (χ2n) is 3.82. The highest BCUT2D eigenvalue weighted by Crippen LogP contribution is 2.23. The Balaban J connectivity index is 2.72. The molecule has 3 nitrogen and oxygen atoms in total. The summed E-state index contributed by atoms with van der Waals surface area (Å²) in [6, 6.07) is 8.33. The summed E-state index contributed by atoms with van der Waals surface area (Å²) in [4.78, 5) is 4.69.